The highest BCUT2D eigenvalue weighted by Crippen LogP contribution is 2.28. The fourth-order valence-electron chi connectivity index (χ4n) is 1.87. The lowest BCUT2D eigenvalue weighted by Crippen LogP contribution is -2.33. The molecule has 0 heterocycles. The van der Waals surface area contributed by atoms with Gasteiger partial charge in [0.25, 0.3) is 5.69 Å². The molecular formula is C14H11N5O7. The van der Waals surface area contributed by atoms with E-state index in [1.165, 1.54) is 24.3 Å². The number of carboxylic acids is 1. The first kappa shape index (κ1) is 18.1. The van der Waals surface area contributed by atoms with Gasteiger partial charge in [-0.3, -0.25) is 31.1 Å². The van der Waals surface area contributed by atoms with E-state index in [1.807, 2.05) is 0 Å². The van der Waals surface area contributed by atoms with Crippen LogP contribution in [0, 0.1) is 20.2 Å². The number of hydrogen-bond acceptors (Lipinski definition) is 7. The van der Waals surface area contributed by atoms with Crippen LogP contribution in [0.4, 0.5) is 27.5 Å². The first-order valence-corrected chi connectivity index (χ1v) is 6.87. The van der Waals surface area contributed by atoms with Gasteiger partial charge in [-0.15, -0.1) is 0 Å². The van der Waals surface area contributed by atoms with Crippen LogP contribution in [0.25, 0.3) is 0 Å². The van der Waals surface area contributed by atoms with Crippen LogP contribution in [-0.2, 0) is 0 Å². The zero-order chi connectivity index (χ0) is 19.3. The molecule has 26 heavy (non-hydrogen) atoms. The minimum Gasteiger partial charge on any atom is -0.478 e. The summed E-state index contributed by atoms with van der Waals surface area (Å²) < 4.78 is 0. The SMILES string of the molecule is O=C(NNc1ccc([N+](=O)[O-])cc1[N+](=O)[O-])Nc1ccc(C(=O)O)cc1. The van der Waals surface area contributed by atoms with Crippen LogP contribution >= 0.6 is 0 Å². The van der Waals surface area contributed by atoms with Crippen LogP contribution in [-0.4, -0.2) is 27.0 Å². The van der Waals surface area contributed by atoms with Gasteiger partial charge in [0.2, 0.25) is 0 Å². The van der Waals surface area contributed by atoms with Gasteiger partial charge >= 0.3 is 17.7 Å². The van der Waals surface area contributed by atoms with Crippen molar-refractivity contribution in [2.45, 2.75) is 0 Å². The van der Waals surface area contributed by atoms with Gasteiger partial charge in [0.1, 0.15) is 5.69 Å². The van der Waals surface area contributed by atoms with Crippen molar-refractivity contribution in [1.82, 2.24) is 5.43 Å². The zero-order valence-corrected chi connectivity index (χ0v) is 12.8. The van der Waals surface area contributed by atoms with Gasteiger partial charge in [0.15, 0.2) is 0 Å². The van der Waals surface area contributed by atoms with Crippen LogP contribution in [0.1, 0.15) is 10.4 Å². The molecule has 2 aromatic rings. The lowest BCUT2D eigenvalue weighted by Gasteiger charge is -2.10. The maximum Gasteiger partial charge on any atom is 0.337 e. The molecule has 0 aromatic heterocycles. The number of nitrogens with zero attached hydrogens (tertiary/aromatic N) is 2. The van der Waals surface area contributed by atoms with Gasteiger partial charge in [-0.05, 0) is 30.3 Å². The van der Waals surface area contributed by atoms with Gasteiger partial charge in [-0.1, -0.05) is 0 Å². The molecule has 12 nitrogen and oxygen atoms in total. The maximum atomic E-state index is 11.8. The Morgan fingerprint density at radius 2 is 1.62 bits per heavy atom. The molecule has 0 aliphatic carbocycles. The monoisotopic (exact) mass is 361 g/mol. The molecule has 0 bridgehead atoms. The third kappa shape index (κ3) is 4.41. The Bertz CT molecular complexity index is 882. The number of hydrazine groups is 1. The first-order valence-electron chi connectivity index (χ1n) is 6.87. The van der Waals surface area contributed by atoms with Crippen molar-refractivity contribution in [3.05, 3.63) is 68.3 Å². The normalized spacial score (nSPS) is 9.85. The summed E-state index contributed by atoms with van der Waals surface area (Å²) in [5.41, 5.74) is 3.54. The Labute approximate surface area is 144 Å². The van der Waals surface area contributed by atoms with Crippen molar-refractivity contribution in [1.29, 1.82) is 0 Å². The predicted molar refractivity (Wildman–Crippen MR) is 88.9 cm³/mol. The van der Waals surface area contributed by atoms with E-state index >= 15 is 0 Å². The number of amides is 2. The Morgan fingerprint density at radius 1 is 0.962 bits per heavy atom. The Kier molecular flexibility index (Phi) is 5.27. The second-order valence-electron chi connectivity index (χ2n) is 4.80. The van der Waals surface area contributed by atoms with E-state index in [4.69, 9.17) is 5.11 Å². The standard InChI is InChI=1S/C14H11N5O7/c20-13(21)8-1-3-9(4-2-8)15-14(22)17-16-11-6-5-10(18(23)24)7-12(11)19(25)26/h1-7,16H,(H,20,21)(H2,15,17,22). The van der Waals surface area contributed by atoms with Crippen molar-refractivity contribution in [2.24, 2.45) is 0 Å². The summed E-state index contributed by atoms with van der Waals surface area (Å²) in [6.07, 6.45) is 0. The van der Waals surface area contributed by atoms with Crippen LogP contribution in [0.15, 0.2) is 42.5 Å². The largest absolute Gasteiger partial charge is 0.478 e. The molecule has 0 aliphatic heterocycles. The number of carbonyl (C=O) groups excluding carboxylic acids is 1. The van der Waals surface area contributed by atoms with Crippen LogP contribution in [0.5, 0.6) is 0 Å². The van der Waals surface area contributed by atoms with Gasteiger partial charge in [-0.2, -0.15) is 0 Å². The second kappa shape index (κ2) is 7.57. The summed E-state index contributed by atoms with van der Waals surface area (Å²) >= 11 is 0. The lowest BCUT2D eigenvalue weighted by atomic mass is 10.2. The summed E-state index contributed by atoms with van der Waals surface area (Å²) in [4.78, 5) is 42.6. The fourth-order valence-corrected chi connectivity index (χ4v) is 1.87. The molecule has 0 radical (unpaired) electrons. The van der Waals surface area contributed by atoms with Crippen LogP contribution < -0.4 is 16.2 Å². The minimum atomic E-state index is -1.12. The van der Waals surface area contributed by atoms with E-state index < -0.39 is 33.2 Å². The highest BCUT2D eigenvalue weighted by atomic mass is 16.6. The summed E-state index contributed by atoms with van der Waals surface area (Å²) in [6.45, 7) is 0. The van der Waals surface area contributed by atoms with Gasteiger partial charge in [0, 0.05) is 11.8 Å². The number of hydrogen-bond donors (Lipinski definition) is 4. The molecule has 134 valence electrons. The number of rotatable bonds is 6. The van der Waals surface area contributed by atoms with Gasteiger partial charge in [-0.25, -0.2) is 9.59 Å². The van der Waals surface area contributed by atoms with Crippen LogP contribution in [0.2, 0.25) is 0 Å². The topological polar surface area (TPSA) is 177 Å². The molecule has 0 saturated heterocycles. The number of nitro groups is 2. The average molecular weight is 361 g/mol. The van der Waals surface area contributed by atoms with E-state index in [0.717, 1.165) is 18.2 Å². The number of anilines is 2. The molecule has 12 heteroatoms. The Balaban J connectivity index is 2.03. The highest BCUT2D eigenvalue weighted by Gasteiger charge is 2.19. The van der Waals surface area contributed by atoms with Gasteiger partial charge in [0.05, 0.1) is 21.5 Å². The van der Waals surface area contributed by atoms with Crippen molar-refractivity contribution >= 4 is 34.7 Å². The first-order chi connectivity index (χ1) is 12.3. The number of carboxylic acid groups (broad SMARTS) is 1. The van der Waals surface area contributed by atoms with Crippen molar-refractivity contribution in [3.8, 4) is 0 Å². The molecule has 4 N–H and O–H groups in total. The van der Waals surface area contributed by atoms with E-state index in [0.29, 0.717) is 0 Å². The minimum absolute atomic E-state index is 0.0376. The average Bonchev–Trinajstić information content (AvgIpc) is 2.60. The van der Waals surface area contributed by atoms with Gasteiger partial charge < -0.3 is 10.4 Å². The van der Waals surface area contributed by atoms with Crippen LogP contribution in [0.3, 0.4) is 0 Å². The number of aromatic carboxylic acids is 1. The summed E-state index contributed by atoms with van der Waals surface area (Å²) in [5.74, 6) is -1.12. The number of nitro benzene ring substituents is 2. The molecule has 0 spiro atoms. The molecule has 0 saturated carbocycles. The molecule has 2 rings (SSSR count). The predicted octanol–water partition coefficient (Wildman–Crippen LogP) is 2.35. The third-order valence-corrected chi connectivity index (χ3v) is 3.09. The van der Waals surface area contributed by atoms with E-state index in [9.17, 15) is 29.8 Å². The van der Waals surface area contributed by atoms with E-state index in [-0.39, 0.29) is 16.9 Å². The molecule has 0 fully saturated rings. The van der Waals surface area contributed by atoms with Crippen molar-refractivity contribution in [2.75, 3.05) is 10.7 Å². The van der Waals surface area contributed by atoms with Crippen molar-refractivity contribution < 1.29 is 24.5 Å². The van der Waals surface area contributed by atoms with Crippen molar-refractivity contribution in [3.63, 3.8) is 0 Å². The second-order valence-corrected chi connectivity index (χ2v) is 4.80. The smallest absolute Gasteiger partial charge is 0.337 e. The Hall–Kier alpha value is -4.22. The maximum absolute atomic E-state index is 11.8. The quantitative estimate of drug-likeness (QED) is 0.447. The number of carbonyl (C=O) groups is 2. The Morgan fingerprint density at radius 3 is 2.15 bits per heavy atom. The van der Waals surface area contributed by atoms with E-state index in [1.54, 1.807) is 0 Å². The number of nitrogens with one attached hydrogen (secondary N) is 3. The summed E-state index contributed by atoms with van der Waals surface area (Å²) in [5, 5.41) is 32.8. The number of benzene rings is 2. The summed E-state index contributed by atoms with van der Waals surface area (Å²) in [7, 11) is 0. The number of urea groups is 1. The zero-order valence-electron chi connectivity index (χ0n) is 12.8. The molecule has 2 aromatic carbocycles. The molecule has 0 unspecified atom stereocenters. The number of non-ortho nitro benzene ring substituents is 1. The fraction of sp³-hybridized carbons (Fsp3) is 0. The third-order valence-electron chi connectivity index (χ3n) is 3.09. The molecule has 0 atom stereocenters. The molecular weight excluding hydrogens is 350 g/mol. The summed E-state index contributed by atoms with van der Waals surface area (Å²) in [6, 6.07) is 7.37. The molecule has 2 amide bonds. The highest BCUT2D eigenvalue weighted by molar-refractivity contribution is 5.92. The molecule has 0 aliphatic rings. The van der Waals surface area contributed by atoms with E-state index in [2.05, 4.69) is 16.2 Å². The lowest BCUT2D eigenvalue weighted by molar-refractivity contribution is -0.393.